The summed E-state index contributed by atoms with van der Waals surface area (Å²) < 4.78 is 10.6. The molecule has 2 N–H and O–H groups in total. The summed E-state index contributed by atoms with van der Waals surface area (Å²) in [5, 5.41) is 5.70. The van der Waals surface area contributed by atoms with Gasteiger partial charge in [0.05, 0.1) is 6.26 Å². The predicted octanol–water partition coefficient (Wildman–Crippen LogP) is 2.64. The third-order valence-corrected chi connectivity index (χ3v) is 5.43. The van der Waals surface area contributed by atoms with Gasteiger partial charge in [-0.1, -0.05) is 30.3 Å². The molecule has 3 amide bonds. The Morgan fingerprint density at radius 1 is 1.03 bits per heavy atom. The van der Waals surface area contributed by atoms with Gasteiger partial charge in [0.1, 0.15) is 11.6 Å². The minimum absolute atomic E-state index is 0.159. The molecule has 3 rings (SSSR count). The number of rotatable bonds is 8. The maximum atomic E-state index is 12.9. The van der Waals surface area contributed by atoms with Crippen LogP contribution < -0.4 is 10.6 Å². The number of piperazine rings is 1. The summed E-state index contributed by atoms with van der Waals surface area (Å²) in [6.07, 6.45) is 1.54. The highest BCUT2D eigenvalue weighted by molar-refractivity contribution is 5.95. The van der Waals surface area contributed by atoms with Crippen LogP contribution in [0.5, 0.6) is 0 Å². The normalized spacial score (nSPS) is 15.4. The summed E-state index contributed by atoms with van der Waals surface area (Å²) in [4.78, 5) is 41.6. The fourth-order valence-corrected chi connectivity index (χ4v) is 3.61. The van der Waals surface area contributed by atoms with Gasteiger partial charge in [-0.2, -0.15) is 0 Å². The van der Waals surface area contributed by atoms with Gasteiger partial charge in [0.25, 0.3) is 5.91 Å². The van der Waals surface area contributed by atoms with E-state index in [0.29, 0.717) is 45.7 Å². The highest BCUT2D eigenvalue weighted by Crippen LogP contribution is 2.12. The SMILES string of the molecule is CC(C)(C)OC(=O)N1CCN(CC[C@H](NC(=O)c2ccco2)C(=O)NCc2ccccc2)CC1. The van der Waals surface area contributed by atoms with E-state index in [2.05, 4.69) is 15.5 Å². The van der Waals surface area contributed by atoms with Crippen LogP contribution in [0.15, 0.2) is 53.1 Å². The van der Waals surface area contributed by atoms with E-state index in [1.54, 1.807) is 17.0 Å². The summed E-state index contributed by atoms with van der Waals surface area (Å²) in [5.74, 6) is -0.525. The van der Waals surface area contributed by atoms with Crippen molar-refractivity contribution in [2.75, 3.05) is 32.7 Å². The molecule has 1 aliphatic heterocycles. The number of benzene rings is 1. The van der Waals surface area contributed by atoms with Crippen LogP contribution in [0.4, 0.5) is 4.79 Å². The number of nitrogens with zero attached hydrogens (tertiary/aromatic N) is 2. The largest absolute Gasteiger partial charge is 0.459 e. The van der Waals surface area contributed by atoms with E-state index in [0.717, 1.165) is 5.56 Å². The topological polar surface area (TPSA) is 104 Å². The molecule has 9 heteroatoms. The van der Waals surface area contributed by atoms with Gasteiger partial charge in [-0.05, 0) is 44.9 Å². The molecule has 0 bridgehead atoms. The Morgan fingerprint density at radius 3 is 2.35 bits per heavy atom. The minimum atomic E-state index is -0.717. The standard InChI is InChI=1S/C25H34N4O5/c1-25(2,3)34-24(32)29-15-13-28(14-16-29)12-11-20(27-23(31)21-10-7-17-33-21)22(30)26-18-19-8-5-4-6-9-19/h4-10,17,20H,11-16,18H2,1-3H3,(H,26,30)(H,27,31)/t20-/m0/s1. The molecule has 0 saturated carbocycles. The molecule has 1 fully saturated rings. The van der Waals surface area contributed by atoms with Gasteiger partial charge in [-0.3, -0.25) is 14.5 Å². The van der Waals surface area contributed by atoms with Crippen molar-refractivity contribution in [1.29, 1.82) is 0 Å². The molecular weight excluding hydrogens is 436 g/mol. The predicted molar refractivity (Wildman–Crippen MR) is 127 cm³/mol. The molecule has 1 aliphatic rings. The first-order chi connectivity index (χ1) is 16.2. The van der Waals surface area contributed by atoms with Crippen molar-refractivity contribution < 1.29 is 23.5 Å². The Kier molecular flexibility index (Phi) is 8.70. The van der Waals surface area contributed by atoms with Gasteiger partial charge in [-0.15, -0.1) is 0 Å². The van der Waals surface area contributed by atoms with Crippen LogP contribution in [-0.2, 0) is 16.1 Å². The van der Waals surface area contributed by atoms with Gasteiger partial charge in [0.15, 0.2) is 5.76 Å². The first kappa shape index (κ1) is 25.3. The number of ether oxygens (including phenoxy) is 1. The molecule has 0 aliphatic carbocycles. The first-order valence-electron chi connectivity index (χ1n) is 11.6. The molecule has 1 atom stereocenters. The maximum absolute atomic E-state index is 12.9. The maximum Gasteiger partial charge on any atom is 0.410 e. The van der Waals surface area contributed by atoms with Crippen molar-refractivity contribution in [3.63, 3.8) is 0 Å². The molecule has 1 aromatic carbocycles. The van der Waals surface area contributed by atoms with Crippen LogP contribution in [0.2, 0.25) is 0 Å². The summed E-state index contributed by atoms with van der Waals surface area (Å²) in [5.41, 5.74) is 0.450. The van der Waals surface area contributed by atoms with Gasteiger partial charge in [0, 0.05) is 39.3 Å². The van der Waals surface area contributed by atoms with E-state index in [4.69, 9.17) is 9.15 Å². The molecule has 34 heavy (non-hydrogen) atoms. The summed E-state index contributed by atoms with van der Waals surface area (Å²) in [6, 6.07) is 12.1. The Bertz CT molecular complexity index is 932. The number of carbonyl (C=O) groups is 3. The van der Waals surface area contributed by atoms with Gasteiger partial charge in [-0.25, -0.2) is 4.79 Å². The van der Waals surface area contributed by atoms with Crippen LogP contribution in [0.3, 0.4) is 0 Å². The Morgan fingerprint density at radius 2 is 1.74 bits per heavy atom. The third-order valence-electron chi connectivity index (χ3n) is 5.43. The lowest BCUT2D eigenvalue weighted by Gasteiger charge is -2.36. The average molecular weight is 471 g/mol. The molecule has 0 unspecified atom stereocenters. The lowest BCUT2D eigenvalue weighted by molar-refractivity contribution is -0.123. The number of hydrogen-bond donors (Lipinski definition) is 2. The number of nitrogens with one attached hydrogen (secondary N) is 2. The zero-order chi connectivity index (χ0) is 24.6. The number of carbonyl (C=O) groups excluding carboxylic acids is 3. The minimum Gasteiger partial charge on any atom is -0.459 e. The average Bonchev–Trinajstić information content (AvgIpc) is 3.35. The monoisotopic (exact) mass is 470 g/mol. The molecule has 1 saturated heterocycles. The molecule has 0 spiro atoms. The van der Waals surface area contributed by atoms with Gasteiger partial charge >= 0.3 is 6.09 Å². The first-order valence-corrected chi connectivity index (χ1v) is 11.6. The van der Waals surface area contributed by atoms with Crippen LogP contribution in [0, 0.1) is 0 Å². The van der Waals surface area contributed by atoms with Crippen molar-refractivity contribution in [2.45, 2.75) is 45.4 Å². The Hall–Kier alpha value is -3.33. The van der Waals surface area contributed by atoms with Crippen LogP contribution in [-0.4, -0.2) is 72.1 Å². The van der Waals surface area contributed by atoms with E-state index in [9.17, 15) is 14.4 Å². The molecular formula is C25H34N4O5. The summed E-state index contributed by atoms with van der Waals surface area (Å²) in [6.45, 7) is 8.97. The van der Waals surface area contributed by atoms with Crippen molar-refractivity contribution in [3.8, 4) is 0 Å². The highest BCUT2D eigenvalue weighted by Gasteiger charge is 2.27. The second-order valence-electron chi connectivity index (χ2n) is 9.30. The van der Waals surface area contributed by atoms with E-state index in [-0.39, 0.29) is 17.8 Å². The molecule has 0 radical (unpaired) electrons. The number of furan rings is 1. The Balaban J connectivity index is 1.53. The van der Waals surface area contributed by atoms with E-state index in [1.165, 1.54) is 6.26 Å². The van der Waals surface area contributed by atoms with E-state index < -0.39 is 17.6 Å². The van der Waals surface area contributed by atoms with Gasteiger partial charge in [0.2, 0.25) is 5.91 Å². The van der Waals surface area contributed by atoms with Crippen molar-refractivity contribution in [2.24, 2.45) is 0 Å². The van der Waals surface area contributed by atoms with Crippen LogP contribution in [0.25, 0.3) is 0 Å². The molecule has 1 aromatic heterocycles. The molecule has 9 nitrogen and oxygen atoms in total. The highest BCUT2D eigenvalue weighted by atomic mass is 16.6. The van der Waals surface area contributed by atoms with Crippen LogP contribution >= 0.6 is 0 Å². The number of hydrogen-bond acceptors (Lipinski definition) is 6. The third kappa shape index (κ3) is 7.91. The number of amides is 3. The second-order valence-corrected chi connectivity index (χ2v) is 9.30. The Labute approximate surface area is 200 Å². The lowest BCUT2D eigenvalue weighted by Crippen LogP contribution is -2.52. The van der Waals surface area contributed by atoms with Crippen molar-refractivity contribution in [1.82, 2.24) is 20.4 Å². The fraction of sp³-hybridized carbons (Fsp3) is 0.480. The van der Waals surface area contributed by atoms with Crippen molar-refractivity contribution in [3.05, 3.63) is 60.1 Å². The zero-order valence-electron chi connectivity index (χ0n) is 20.1. The summed E-state index contributed by atoms with van der Waals surface area (Å²) in [7, 11) is 0. The van der Waals surface area contributed by atoms with Crippen LogP contribution in [0.1, 0.15) is 43.3 Å². The van der Waals surface area contributed by atoms with Crippen molar-refractivity contribution >= 4 is 17.9 Å². The smallest absolute Gasteiger partial charge is 0.410 e. The lowest BCUT2D eigenvalue weighted by atomic mass is 10.1. The summed E-state index contributed by atoms with van der Waals surface area (Å²) >= 11 is 0. The quantitative estimate of drug-likeness (QED) is 0.615. The molecule has 184 valence electrons. The molecule has 2 heterocycles. The van der Waals surface area contributed by atoms with Gasteiger partial charge < -0.3 is 24.7 Å². The van der Waals surface area contributed by atoms with E-state index in [1.807, 2.05) is 51.1 Å². The fourth-order valence-electron chi connectivity index (χ4n) is 3.61. The zero-order valence-corrected chi connectivity index (χ0v) is 20.1. The second kappa shape index (κ2) is 11.7. The van der Waals surface area contributed by atoms with E-state index >= 15 is 0 Å². The molecule has 2 aromatic rings.